The van der Waals surface area contributed by atoms with Gasteiger partial charge in [0.05, 0.1) is 5.52 Å². The average Bonchev–Trinajstić information content (AvgIpc) is 2.53. The molecular formula is C17H9N3. The molecule has 0 saturated heterocycles. The Morgan fingerprint density at radius 2 is 1.45 bits per heavy atom. The van der Waals surface area contributed by atoms with E-state index in [1.54, 1.807) is 18.2 Å². The highest BCUT2D eigenvalue weighted by atomic mass is 14.7. The van der Waals surface area contributed by atoms with E-state index in [-0.39, 0.29) is 0 Å². The summed E-state index contributed by atoms with van der Waals surface area (Å²) in [5.74, 6) is 5.90. The number of para-hydroxylation sites is 1. The molecule has 0 aliphatic rings. The van der Waals surface area contributed by atoms with Crippen LogP contribution >= 0.6 is 0 Å². The minimum Gasteiger partial charge on any atom is -0.239 e. The Morgan fingerprint density at radius 3 is 2.30 bits per heavy atom. The van der Waals surface area contributed by atoms with Crippen LogP contribution in [-0.2, 0) is 0 Å². The highest BCUT2D eigenvalue weighted by molar-refractivity contribution is 5.78. The summed E-state index contributed by atoms with van der Waals surface area (Å²) in [5, 5.41) is 9.88. The van der Waals surface area contributed by atoms with Crippen LogP contribution < -0.4 is 0 Å². The molecule has 0 fully saturated rings. The van der Waals surface area contributed by atoms with Crippen LogP contribution in [0.25, 0.3) is 10.9 Å². The van der Waals surface area contributed by atoms with Gasteiger partial charge in [-0.25, -0.2) is 9.97 Å². The predicted octanol–water partition coefficient (Wildman–Crippen LogP) is 2.90. The van der Waals surface area contributed by atoms with E-state index < -0.39 is 0 Å². The zero-order valence-electron chi connectivity index (χ0n) is 10.5. The standard InChI is InChI=1S/C17H9N3/c18-12-16-6-3-5-14(19-16)10-11-15-9-8-13-4-1-2-7-17(13)20-15/h1-9H. The summed E-state index contributed by atoms with van der Waals surface area (Å²) in [4.78, 5) is 8.57. The molecule has 0 amide bonds. The lowest BCUT2D eigenvalue weighted by atomic mass is 10.2. The first-order valence-corrected chi connectivity index (χ1v) is 6.10. The molecule has 2 heterocycles. The van der Waals surface area contributed by atoms with Gasteiger partial charge >= 0.3 is 0 Å². The van der Waals surface area contributed by atoms with Crippen molar-refractivity contribution < 1.29 is 0 Å². The molecule has 1 aromatic carbocycles. The minimum atomic E-state index is 0.364. The number of hydrogen-bond acceptors (Lipinski definition) is 3. The Morgan fingerprint density at radius 1 is 0.700 bits per heavy atom. The van der Waals surface area contributed by atoms with Gasteiger partial charge in [0.15, 0.2) is 0 Å². The second-order valence-corrected chi connectivity index (χ2v) is 4.16. The van der Waals surface area contributed by atoms with Crippen LogP contribution in [0.3, 0.4) is 0 Å². The molecule has 0 N–H and O–H groups in total. The second kappa shape index (κ2) is 5.22. The molecule has 3 heteroatoms. The fraction of sp³-hybridized carbons (Fsp3) is 0. The van der Waals surface area contributed by atoms with Crippen LogP contribution in [0.5, 0.6) is 0 Å². The number of aromatic nitrogens is 2. The van der Waals surface area contributed by atoms with E-state index in [1.807, 2.05) is 42.5 Å². The van der Waals surface area contributed by atoms with Crippen molar-refractivity contribution in [3.05, 3.63) is 71.7 Å². The maximum atomic E-state index is 8.79. The molecule has 3 aromatic rings. The van der Waals surface area contributed by atoms with E-state index in [0.29, 0.717) is 17.1 Å². The van der Waals surface area contributed by atoms with Crippen LogP contribution in [0.15, 0.2) is 54.6 Å². The van der Waals surface area contributed by atoms with E-state index in [2.05, 4.69) is 21.8 Å². The zero-order valence-corrected chi connectivity index (χ0v) is 10.5. The van der Waals surface area contributed by atoms with E-state index in [1.165, 1.54) is 0 Å². The van der Waals surface area contributed by atoms with E-state index in [4.69, 9.17) is 5.26 Å². The van der Waals surface area contributed by atoms with E-state index in [0.717, 1.165) is 10.9 Å². The van der Waals surface area contributed by atoms with Crippen molar-refractivity contribution in [2.75, 3.05) is 0 Å². The number of nitriles is 1. The number of hydrogen-bond donors (Lipinski definition) is 0. The summed E-state index contributed by atoms with van der Waals surface area (Å²) in [5.41, 5.74) is 2.54. The van der Waals surface area contributed by atoms with Crippen molar-refractivity contribution in [3.8, 4) is 17.9 Å². The first kappa shape index (κ1) is 11.9. The van der Waals surface area contributed by atoms with Crippen LogP contribution in [0, 0.1) is 23.2 Å². The summed E-state index contributed by atoms with van der Waals surface area (Å²) in [6.07, 6.45) is 0. The molecule has 3 nitrogen and oxygen atoms in total. The summed E-state index contributed by atoms with van der Waals surface area (Å²) in [7, 11) is 0. The quantitative estimate of drug-likeness (QED) is 0.580. The molecule has 20 heavy (non-hydrogen) atoms. The van der Waals surface area contributed by atoms with Crippen molar-refractivity contribution >= 4 is 10.9 Å². The normalized spacial score (nSPS) is 9.55. The number of pyridine rings is 2. The third-order valence-electron chi connectivity index (χ3n) is 2.78. The lowest BCUT2D eigenvalue weighted by Gasteiger charge is -1.96. The number of fused-ring (bicyclic) bond motifs is 1. The molecule has 0 unspecified atom stereocenters. The van der Waals surface area contributed by atoms with Gasteiger partial charge in [0, 0.05) is 5.39 Å². The number of rotatable bonds is 0. The lowest BCUT2D eigenvalue weighted by Crippen LogP contribution is -1.87. The van der Waals surface area contributed by atoms with Gasteiger partial charge in [-0.1, -0.05) is 30.3 Å². The molecule has 0 atom stereocenters. The lowest BCUT2D eigenvalue weighted by molar-refractivity contribution is 1.23. The fourth-order valence-electron chi connectivity index (χ4n) is 1.83. The molecule has 0 aliphatic heterocycles. The average molecular weight is 255 g/mol. The SMILES string of the molecule is N#Cc1cccc(C#Cc2ccc3ccccc3n2)n1. The van der Waals surface area contributed by atoms with E-state index >= 15 is 0 Å². The Kier molecular flexibility index (Phi) is 3.10. The highest BCUT2D eigenvalue weighted by Crippen LogP contribution is 2.11. The summed E-state index contributed by atoms with van der Waals surface area (Å²) in [6.45, 7) is 0. The zero-order chi connectivity index (χ0) is 13.8. The Labute approximate surface area is 116 Å². The number of nitrogens with zero attached hydrogens (tertiary/aromatic N) is 3. The van der Waals surface area contributed by atoms with Crippen molar-refractivity contribution in [1.29, 1.82) is 5.26 Å². The van der Waals surface area contributed by atoms with Gasteiger partial charge in [-0.15, -0.1) is 0 Å². The first-order valence-electron chi connectivity index (χ1n) is 6.10. The van der Waals surface area contributed by atoms with Crippen LogP contribution in [0.2, 0.25) is 0 Å². The molecule has 0 saturated carbocycles. The molecular weight excluding hydrogens is 246 g/mol. The third-order valence-corrected chi connectivity index (χ3v) is 2.78. The first-order chi connectivity index (χ1) is 9.85. The van der Waals surface area contributed by atoms with Crippen molar-refractivity contribution in [2.45, 2.75) is 0 Å². The van der Waals surface area contributed by atoms with E-state index in [9.17, 15) is 0 Å². The number of benzene rings is 1. The Hall–Kier alpha value is -3.17. The molecule has 0 radical (unpaired) electrons. The predicted molar refractivity (Wildman–Crippen MR) is 76.7 cm³/mol. The van der Waals surface area contributed by atoms with Gasteiger partial charge in [0.25, 0.3) is 0 Å². The topological polar surface area (TPSA) is 49.6 Å². The van der Waals surface area contributed by atoms with Gasteiger partial charge < -0.3 is 0 Å². The second-order valence-electron chi connectivity index (χ2n) is 4.16. The van der Waals surface area contributed by atoms with Gasteiger partial charge in [0.1, 0.15) is 23.2 Å². The molecule has 2 aromatic heterocycles. The maximum absolute atomic E-state index is 8.79. The minimum absolute atomic E-state index is 0.364. The molecule has 0 aliphatic carbocycles. The smallest absolute Gasteiger partial charge is 0.141 e. The van der Waals surface area contributed by atoms with Gasteiger partial charge in [0.2, 0.25) is 0 Å². The van der Waals surface area contributed by atoms with Crippen LogP contribution in [-0.4, -0.2) is 9.97 Å². The largest absolute Gasteiger partial charge is 0.239 e. The third kappa shape index (κ3) is 2.48. The molecule has 0 spiro atoms. The van der Waals surface area contributed by atoms with Gasteiger partial charge in [-0.2, -0.15) is 5.26 Å². The molecule has 92 valence electrons. The molecule has 3 rings (SSSR count). The Balaban J connectivity index is 1.97. The summed E-state index contributed by atoms with van der Waals surface area (Å²) < 4.78 is 0. The summed E-state index contributed by atoms with van der Waals surface area (Å²) >= 11 is 0. The highest BCUT2D eigenvalue weighted by Gasteiger charge is 1.95. The Bertz CT molecular complexity index is 880. The van der Waals surface area contributed by atoms with Crippen molar-refractivity contribution in [1.82, 2.24) is 9.97 Å². The van der Waals surface area contributed by atoms with Crippen LogP contribution in [0.1, 0.15) is 17.1 Å². The van der Waals surface area contributed by atoms with Gasteiger partial charge in [-0.05, 0) is 36.1 Å². The molecule has 0 bridgehead atoms. The van der Waals surface area contributed by atoms with Crippen molar-refractivity contribution in [3.63, 3.8) is 0 Å². The van der Waals surface area contributed by atoms with Crippen molar-refractivity contribution in [2.24, 2.45) is 0 Å². The fourth-order valence-corrected chi connectivity index (χ4v) is 1.83. The monoisotopic (exact) mass is 255 g/mol. The van der Waals surface area contributed by atoms with Gasteiger partial charge in [-0.3, -0.25) is 0 Å². The summed E-state index contributed by atoms with van der Waals surface area (Å²) in [6, 6.07) is 18.9. The maximum Gasteiger partial charge on any atom is 0.141 e. The van der Waals surface area contributed by atoms with Crippen LogP contribution in [0.4, 0.5) is 0 Å².